The molecule has 17 heavy (non-hydrogen) atoms. The molecule has 1 saturated heterocycles. The van der Waals surface area contributed by atoms with E-state index in [-0.39, 0.29) is 32.5 Å². The largest absolute Gasteiger partial charge is 0.391 e. The zero-order chi connectivity index (χ0) is 13.3. The van der Waals surface area contributed by atoms with E-state index in [0.29, 0.717) is 0 Å². The number of piperidine rings is 1. The highest BCUT2D eigenvalue weighted by Gasteiger charge is 2.43. The molecule has 1 aliphatic heterocycles. The van der Waals surface area contributed by atoms with Gasteiger partial charge in [0.05, 0.1) is 11.2 Å². The molecule has 2 N–H and O–H groups in total. The summed E-state index contributed by atoms with van der Waals surface area (Å²) in [4.78, 5) is 0. The van der Waals surface area contributed by atoms with Crippen LogP contribution in [0.15, 0.2) is 0 Å². The van der Waals surface area contributed by atoms with Gasteiger partial charge in [-0.1, -0.05) is 0 Å². The normalized spacial score (nSPS) is 22.6. The minimum atomic E-state index is -4.23. The van der Waals surface area contributed by atoms with Crippen molar-refractivity contribution in [1.82, 2.24) is 4.31 Å². The summed E-state index contributed by atoms with van der Waals surface area (Å²) in [5.74, 6) is -1.39. The molecule has 1 atom stereocenters. The fraction of sp³-hybridized carbons (Fsp3) is 1.00. The molecule has 4 nitrogen and oxygen atoms in total. The molecule has 0 bridgehead atoms. The SMILES string of the molecule is CC(CN)S(=O)(=O)N1CCC(C(F)(F)F)CC1. The first-order valence-electron chi connectivity index (χ1n) is 5.45. The molecule has 1 unspecified atom stereocenters. The van der Waals surface area contributed by atoms with Gasteiger partial charge in [0, 0.05) is 19.6 Å². The Kier molecular flexibility index (Phi) is 4.43. The van der Waals surface area contributed by atoms with Crippen LogP contribution in [0, 0.1) is 5.92 Å². The summed E-state index contributed by atoms with van der Waals surface area (Å²) in [7, 11) is -3.54. The molecule has 102 valence electrons. The zero-order valence-corrected chi connectivity index (χ0v) is 10.4. The van der Waals surface area contributed by atoms with Gasteiger partial charge in [-0.25, -0.2) is 12.7 Å². The average molecular weight is 274 g/mol. The van der Waals surface area contributed by atoms with E-state index < -0.39 is 27.4 Å². The molecule has 0 aromatic carbocycles. The van der Waals surface area contributed by atoms with Gasteiger partial charge in [0.1, 0.15) is 0 Å². The third-order valence-corrected chi connectivity index (χ3v) is 5.41. The Morgan fingerprint density at radius 2 is 1.82 bits per heavy atom. The number of nitrogens with two attached hydrogens (primary N) is 1. The summed E-state index contributed by atoms with van der Waals surface area (Å²) in [6, 6.07) is 0. The number of hydrogen-bond acceptors (Lipinski definition) is 3. The van der Waals surface area contributed by atoms with Crippen molar-refractivity contribution in [2.75, 3.05) is 19.6 Å². The first-order chi connectivity index (χ1) is 7.69. The Hall–Kier alpha value is -0.340. The van der Waals surface area contributed by atoms with Crippen molar-refractivity contribution in [3.63, 3.8) is 0 Å². The number of halogens is 3. The van der Waals surface area contributed by atoms with E-state index in [0.717, 1.165) is 4.31 Å². The van der Waals surface area contributed by atoms with Crippen LogP contribution in [-0.4, -0.2) is 43.8 Å². The zero-order valence-electron chi connectivity index (χ0n) is 9.57. The van der Waals surface area contributed by atoms with Crippen LogP contribution in [-0.2, 0) is 10.0 Å². The molecule has 0 spiro atoms. The molecule has 0 aromatic rings. The van der Waals surface area contributed by atoms with Crippen molar-refractivity contribution >= 4 is 10.0 Å². The van der Waals surface area contributed by atoms with Gasteiger partial charge in [-0.15, -0.1) is 0 Å². The Balaban J connectivity index is 2.64. The fourth-order valence-corrected chi connectivity index (χ4v) is 3.29. The monoisotopic (exact) mass is 274 g/mol. The highest BCUT2D eigenvalue weighted by Crippen LogP contribution is 2.34. The average Bonchev–Trinajstić information content (AvgIpc) is 2.27. The Morgan fingerprint density at radius 3 is 2.18 bits per heavy atom. The first kappa shape index (κ1) is 14.7. The van der Waals surface area contributed by atoms with Gasteiger partial charge >= 0.3 is 6.18 Å². The Morgan fingerprint density at radius 1 is 1.35 bits per heavy atom. The summed E-state index contributed by atoms with van der Waals surface area (Å²) in [5.41, 5.74) is 5.28. The molecule has 8 heteroatoms. The molecule has 1 heterocycles. The molecule has 0 aliphatic carbocycles. The summed E-state index contributed by atoms with van der Waals surface area (Å²) < 4.78 is 62.0. The molecule has 0 saturated carbocycles. The lowest BCUT2D eigenvalue weighted by Crippen LogP contribution is -2.46. The van der Waals surface area contributed by atoms with Crippen molar-refractivity contribution in [3.8, 4) is 0 Å². The Labute approximate surface area is 99.0 Å². The Bertz CT molecular complexity index is 348. The molecule has 0 aromatic heterocycles. The van der Waals surface area contributed by atoms with Gasteiger partial charge in [0.2, 0.25) is 10.0 Å². The molecule has 1 fully saturated rings. The van der Waals surface area contributed by atoms with E-state index in [1.165, 1.54) is 6.92 Å². The molecule has 0 radical (unpaired) electrons. The van der Waals surface area contributed by atoms with E-state index in [1.807, 2.05) is 0 Å². The lowest BCUT2D eigenvalue weighted by Gasteiger charge is -2.33. The van der Waals surface area contributed by atoms with E-state index in [4.69, 9.17) is 5.73 Å². The lowest BCUT2D eigenvalue weighted by molar-refractivity contribution is -0.182. The summed E-state index contributed by atoms with van der Waals surface area (Å²) in [5, 5.41) is -0.745. The number of sulfonamides is 1. The fourth-order valence-electron chi connectivity index (χ4n) is 1.81. The second-order valence-electron chi connectivity index (χ2n) is 4.31. The standard InChI is InChI=1S/C9H17F3N2O2S/c1-7(6-13)17(15,16)14-4-2-8(3-5-14)9(10,11)12/h7-8H,2-6,13H2,1H3. The van der Waals surface area contributed by atoms with E-state index in [1.54, 1.807) is 0 Å². The predicted octanol–water partition coefficient (Wildman–Crippen LogP) is 0.938. The second-order valence-corrected chi connectivity index (χ2v) is 6.66. The topological polar surface area (TPSA) is 63.4 Å². The van der Waals surface area contributed by atoms with Gasteiger partial charge in [0.15, 0.2) is 0 Å². The number of rotatable bonds is 3. The van der Waals surface area contributed by atoms with Crippen LogP contribution in [0.2, 0.25) is 0 Å². The van der Waals surface area contributed by atoms with Crippen LogP contribution in [0.4, 0.5) is 13.2 Å². The minimum Gasteiger partial charge on any atom is -0.329 e. The quantitative estimate of drug-likeness (QED) is 0.833. The van der Waals surface area contributed by atoms with Crippen LogP contribution < -0.4 is 5.73 Å². The molecule has 1 aliphatic rings. The maximum Gasteiger partial charge on any atom is 0.391 e. The van der Waals surface area contributed by atoms with Crippen molar-refractivity contribution in [2.24, 2.45) is 11.7 Å². The maximum atomic E-state index is 12.4. The number of alkyl halides is 3. The van der Waals surface area contributed by atoms with Crippen molar-refractivity contribution in [3.05, 3.63) is 0 Å². The van der Waals surface area contributed by atoms with Crippen molar-refractivity contribution < 1.29 is 21.6 Å². The van der Waals surface area contributed by atoms with Crippen LogP contribution in [0.5, 0.6) is 0 Å². The van der Waals surface area contributed by atoms with Gasteiger partial charge in [0.25, 0.3) is 0 Å². The van der Waals surface area contributed by atoms with Crippen LogP contribution in [0.1, 0.15) is 19.8 Å². The smallest absolute Gasteiger partial charge is 0.329 e. The molecular formula is C9H17F3N2O2S. The van der Waals surface area contributed by atoms with E-state index in [9.17, 15) is 21.6 Å². The molecule has 0 amide bonds. The maximum absolute atomic E-state index is 12.4. The highest BCUT2D eigenvalue weighted by atomic mass is 32.2. The van der Waals surface area contributed by atoms with Crippen LogP contribution in [0.3, 0.4) is 0 Å². The second kappa shape index (κ2) is 5.11. The predicted molar refractivity (Wildman–Crippen MR) is 57.8 cm³/mol. The van der Waals surface area contributed by atoms with Crippen molar-refractivity contribution in [2.45, 2.75) is 31.2 Å². The first-order valence-corrected chi connectivity index (χ1v) is 6.95. The summed E-state index contributed by atoms with van der Waals surface area (Å²) in [6.45, 7) is 1.29. The van der Waals surface area contributed by atoms with Crippen LogP contribution in [0.25, 0.3) is 0 Å². The van der Waals surface area contributed by atoms with Gasteiger partial charge < -0.3 is 5.73 Å². The lowest BCUT2D eigenvalue weighted by atomic mass is 9.98. The number of hydrogen-bond donors (Lipinski definition) is 1. The molecule has 1 rings (SSSR count). The minimum absolute atomic E-state index is 0.0263. The third-order valence-electron chi connectivity index (χ3n) is 3.12. The summed E-state index contributed by atoms with van der Waals surface area (Å²) >= 11 is 0. The van der Waals surface area contributed by atoms with Gasteiger partial charge in [-0.2, -0.15) is 13.2 Å². The third kappa shape index (κ3) is 3.32. The summed E-state index contributed by atoms with van der Waals surface area (Å²) in [6.07, 6.45) is -4.56. The van der Waals surface area contributed by atoms with Gasteiger partial charge in [-0.05, 0) is 19.8 Å². The van der Waals surface area contributed by atoms with Crippen molar-refractivity contribution in [1.29, 1.82) is 0 Å². The number of nitrogens with zero attached hydrogens (tertiary/aromatic N) is 1. The van der Waals surface area contributed by atoms with Crippen LogP contribution >= 0.6 is 0 Å². The van der Waals surface area contributed by atoms with E-state index >= 15 is 0 Å². The van der Waals surface area contributed by atoms with E-state index in [2.05, 4.69) is 0 Å². The van der Waals surface area contributed by atoms with Gasteiger partial charge in [-0.3, -0.25) is 0 Å². The highest BCUT2D eigenvalue weighted by molar-refractivity contribution is 7.89. The molecular weight excluding hydrogens is 257 g/mol.